The fourth-order valence-electron chi connectivity index (χ4n) is 1.99. The summed E-state index contributed by atoms with van der Waals surface area (Å²) in [4.78, 5) is 15.6. The monoisotopic (exact) mass is 344 g/mol. The van der Waals surface area contributed by atoms with Crippen LogP contribution in [0.25, 0.3) is 0 Å². The highest BCUT2D eigenvalue weighted by atomic mass is 35.5. The van der Waals surface area contributed by atoms with Crippen LogP contribution in [-0.4, -0.2) is 21.5 Å². The van der Waals surface area contributed by atoms with E-state index >= 15 is 0 Å². The zero-order valence-corrected chi connectivity index (χ0v) is 14.1. The lowest BCUT2D eigenvalue weighted by molar-refractivity contribution is -0.121. The smallest absolute Gasteiger partial charge is 0.221 e. The topological polar surface area (TPSA) is 72.9 Å². The van der Waals surface area contributed by atoms with E-state index < -0.39 is 0 Å². The molecule has 0 aliphatic heterocycles. The molecule has 0 aliphatic rings. The molecule has 0 radical (unpaired) electrons. The SMILES string of the molecule is CC(N)CC(=O)NCc1cccc(Cn2ccnc2)c1.Cl.Cl. The first-order valence-corrected chi connectivity index (χ1v) is 6.69. The van der Waals surface area contributed by atoms with Gasteiger partial charge in [0.2, 0.25) is 5.91 Å². The van der Waals surface area contributed by atoms with E-state index in [1.165, 1.54) is 5.56 Å². The van der Waals surface area contributed by atoms with Gasteiger partial charge in [0.25, 0.3) is 0 Å². The number of hydrogen-bond donors (Lipinski definition) is 2. The summed E-state index contributed by atoms with van der Waals surface area (Å²) in [7, 11) is 0. The van der Waals surface area contributed by atoms with Crippen molar-refractivity contribution in [3.05, 3.63) is 54.1 Å². The van der Waals surface area contributed by atoms with E-state index in [4.69, 9.17) is 5.73 Å². The van der Waals surface area contributed by atoms with E-state index in [9.17, 15) is 4.79 Å². The van der Waals surface area contributed by atoms with Crippen LogP contribution in [0.15, 0.2) is 43.0 Å². The summed E-state index contributed by atoms with van der Waals surface area (Å²) in [5, 5.41) is 2.88. The van der Waals surface area contributed by atoms with Gasteiger partial charge in [-0.2, -0.15) is 0 Å². The van der Waals surface area contributed by atoms with Gasteiger partial charge in [-0.15, -0.1) is 24.8 Å². The zero-order valence-electron chi connectivity index (χ0n) is 12.4. The van der Waals surface area contributed by atoms with Crippen molar-refractivity contribution >= 4 is 30.7 Å². The first-order chi connectivity index (χ1) is 9.63. The first-order valence-electron chi connectivity index (χ1n) is 6.69. The van der Waals surface area contributed by atoms with Crippen molar-refractivity contribution in [2.24, 2.45) is 5.73 Å². The largest absolute Gasteiger partial charge is 0.352 e. The van der Waals surface area contributed by atoms with Crippen LogP contribution in [0.5, 0.6) is 0 Å². The third-order valence-electron chi connectivity index (χ3n) is 2.91. The number of amides is 1. The highest BCUT2D eigenvalue weighted by molar-refractivity contribution is 5.85. The molecule has 0 saturated carbocycles. The maximum absolute atomic E-state index is 11.6. The van der Waals surface area contributed by atoms with Gasteiger partial charge in [0, 0.05) is 37.9 Å². The van der Waals surface area contributed by atoms with Crippen LogP contribution in [0.4, 0.5) is 0 Å². The molecule has 3 N–H and O–H groups in total. The number of nitrogens with two attached hydrogens (primary N) is 1. The molecule has 0 aliphatic carbocycles. The summed E-state index contributed by atoms with van der Waals surface area (Å²) in [5.74, 6) is -0.0139. The standard InChI is InChI=1S/C15H20N4O.2ClH/c1-12(16)7-15(20)18-9-13-3-2-4-14(8-13)10-19-6-5-17-11-19;;/h2-6,8,11-12H,7,9-10,16H2,1H3,(H,18,20);2*1H. The molecule has 0 bridgehead atoms. The number of carbonyl (C=O) groups excluding carboxylic acids is 1. The molecule has 1 aromatic heterocycles. The van der Waals surface area contributed by atoms with Crippen molar-refractivity contribution in [3.8, 4) is 0 Å². The van der Waals surface area contributed by atoms with Gasteiger partial charge in [-0.3, -0.25) is 4.79 Å². The number of carbonyl (C=O) groups is 1. The first kappa shape index (κ1) is 20.4. The van der Waals surface area contributed by atoms with Crippen LogP contribution in [0.2, 0.25) is 0 Å². The van der Waals surface area contributed by atoms with Gasteiger partial charge in [0.1, 0.15) is 0 Å². The van der Waals surface area contributed by atoms with Gasteiger partial charge in [-0.25, -0.2) is 4.98 Å². The predicted molar refractivity (Wildman–Crippen MR) is 92.4 cm³/mol. The van der Waals surface area contributed by atoms with Gasteiger partial charge < -0.3 is 15.6 Å². The Morgan fingerprint density at radius 1 is 1.36 bits per heavy atom. The molecule has 2 aromatic rings. The summed E-state index contributed by atoms with van der Waals surface area (Å²) >= 11 is 0. The molecule has 1 atom stereocenters. The summed E-state index contributed by atoms with van der Waals surface area (Å²) in [6.07, 6.45) is 5.83. The van der Waals surface area contributed by atoms with E-state index in [1.807, 2.05) is 29.8 Å². The average Bonchev–Trinajstić information content (AvgIpc) is 2.89. The van der Waals surface area contributed by atoms with E-state index in [0.29, 0.717) is 13.0 Å². The Labute approximate surface area is 143 Å². The van der Waals surface area contributed by atoms with E-state index in [-0.39, 0.29) is 36.8 Å². The zero-order chi connectivity index (χ0) is 14.4. The number of benzene rings is 1. The van der Waals surface area contributed by atoms with Gasteiger partial charge in [0.15, 0.2) is 0 Å². The van der Waals surface area contributed by atoms with Gasteiger partial charge >= 0.3 is 0 Å². The number of imidazole rings is 1. The van der Waals surface area contributed by atoms with E-state index in [1.54, 1.807) is 12.5 Å². The number of aromatic nitrogens is 2. The molecule has 1 aromatic carbocycles. The molecule has 1 heterocycles. The molecule has 1 amide bonds. The Morgan fingerprint density at radius 2 is 2.09 bits per heavy atom. The maximum atomic E-state index is 11.6. The Hall–Kier alpha value is -1.56. The third-order valence-corrected chi connectivity index (χ3v) is 2.91. The predicted octanol–water partition coefficient (Wildman–Crippen LogP) is 2.13. The second kappa shape index (κ2) is 10.2. The molecule has 22 heavy (non-hydrogen) atoms. The normalized spacial score (nSPS) is 11.0. The maximum Gasteiger partial charge on any atom is 0.221 e. The lowest BCUT2D eigenvalue weighted by Gasteiger charge is -2.09. The highest BCUT2D eigenvalue weighted by Gasteiger charge is 2.04. The van der Waals surface area contributed by atoms with E-state index in [0.717, 1.165) is 12.1 Å². The lowest BCUT2D eigenvalue weighted by Crippen LogP contribution is -2.29. The van der Waals surface area contributed by atoms with Crippen molar-refractivity contribution in [1.29, 1.82) is 0 Å². The van der Waals surface area contributed by atoms with Crippen LogP contribution in [-0.2, 0) is 17.9 Å². The van der Waals surface area contributed by atoms with Gasteiger partial charge in [0.05, 0.1) is 6.33 Å². The van der Waals surface area contributed by atoms with E-state index in [2.05, 4.69) is 22.4 Å². The quantitative estimate of drug-likeness (QED) is 0.842. The average molecular weight is 345 g/mol. The summed E-state index contributed by atoms with van der Waals surface area (Å²) in [6.45, 7) is 3.14. The Balaban J connectivity index is 0.00000220. The number of nitrogens with zero attached hydrogens (tertiary/aromatic N) is 2. The Morgan fingerprint density at radius 3 is 2.73 bits per heavy atom. The number of halogens is 2. The van der Waals surface area contributed by atoms with Gasteiger partial charge in [-0.05, 0) is 18.1 Å². The molecule has 0 saturated heterocycles. The number of rotatable bonds is 6. The van der Waals surface area contributed by atoms with Gasteiger partial charge in [-0.1, -0.05) is 24.3 Å². The minimum Gasteiger partial charge on any atom is -0.352 e. The molecule has 1 unspecified atom stereocenters. The molecule has 7 heteroatoms. The molecule has 122 valence electrons. The minimum atomic E-state index is -0.109. The van der Waals surface area contributed by atoms with Crippen molar-refractivity contribution in [3.63, 3.8) is 0 Å². The summed E-state index contributed by atoms with van der Waals surface area (Å²) in [6, 6.07) is 8.05. The van der Waals surface area contributed by atoms with Crippen LogP contribution in [0, 0.1) is 0 Å². The molecule has 0 spiro atoms. The summed E-state index contributed by atoms with van der Waals surface area (Å²) in [5.41, 5.74) is 7.86. The van der Waals surface area contributed by atoms with Crippen LogP contribution in [0.1, 0.15) is 24.5 Å². The minimum absolute atomic E-state index is 0. The Bertz CT molecular complexity index is 558. The molecular weight excluding hydrogens is 323 g/mol. The lowest BCUT2D eigenvalue weighted by atomic mass is 10.1. The molecule has 5 nitrogen and oxygen atoms in total. The number of hydrogen-bond acceptors (Lipinski definition) is 3. The van der Waals surface area contributed by atoms with Crippen molar-refractivity contribution in [2.45, 2.75) is 32.5 Å². The molecule has 2 rings (SSSR count). The van der Waals surface area contributed by atoms with Crippen LogP contribution >= 0.6 is 24.8 Å². The molecular formula is C15H22Cl2N4O. The fourth-order valence-corrected chi connectivity index (χ4v) is 1.99. The molecule has 0 fully saturated rings. The van der Waals surface area contributed by atoms with Crippen molar-refractivity contribution < 1.29 is 4.79 Å². The summed E-state index contributed by atoms with van der Waals surface area (Å²) < 4.78 is 2.01. The van der Waals surface area contributed by atoms with Crippen LogP contribution in [0.3, 0.4) is 0 Å². The highest BCUT2D eigenvalue weighted by Crippen LogP contribution is 2.07. The van der Waals surface area contributed by atoms with Crippen LogP contribution < -0.4 is 11.1 Å². The fraction of sp³-hybridized carbons (Fsp3) is 0.333. The second-order valence-corrected chi connectivity index (χ2v) is 5.01. The van der Waals surface area contributed by atoms with Crippen molar-refractivity contribution in [1.82, 2.24) is 14.9 Å². The van der Waals surface area contributed by atoms with Crippen molar-refractivity contribution in [2.75, 3.05) is 0 Å². The second-order valence-electron chi connectivity index (χ2n) is 5.01. The third kappa shape index (κ3) is 6.93. The number of nitrogens with one attached hydrogen (secondary N) is 1. The Kier molecular flexibility index (Phi) is 9.49.